The third-order valence-corrected chi connectivity index (χ3v) is 2.04. The van der Waals surface area contributed by atoms with E-state index in [4.69, 9.17) is 5.73 Å². The van der Waals surface area contributed by atoms with Crippen LogP contribution in [0.5, 0.6) is 0 Å². The summed E-state index contributed by atoms with van der Waals surface area (Å²) in [6, 6.07) is 0. The summed E-state index contributed by atoms with van der Waals surface area (Å²) >= 11 is 0. The summed E-state index contributed by atoms with van der Waals surface area (Å²) in [5.41, 5.74) is 7.78. The zero-order valence-electron chi connectivity index (χ0n) is 8.31. The third-order valence-electron chi connectivity index (χ3n) is 2.04. The quantitative estimate of drug-likeness (QED) is 0.754. The predicted molar refractivity (Wildman–Crippen MR) is 53.7 cm³/mol. The molecule has 0 saturated heterocycles. The highest BCUT2D eigenvalue weighted by atomic mass is 15.2. The number of nitrogens with two attached hydrogens (primary N) is 1. The molecule has 5 nitrogen and oxygen atoms in total. The molecule has 2 aromatic heterocycles. The molecular weight excluding hydrogens is 178 g/mol. The van der Waals surface area contributed by atoms with Crippen molar-refractivity contribution in [3.8, 4) is 0 Å². The zero-order valence-corrected chi connectivity index (χ0v) is 8.31. The van der Waals surface area contributed by atoms with Crippen molar-refractivity contribution in [2.75, 3.05) is 5.73 Å². The van der Waals surface area contributed by atoms with E-state index in [9.17, 15) is 0 Å². The van der Waals surface area contributed by atoms with Gasteiger partial charge in [0.2, 0.25) is 5.95 Å². The van der Waals surface area contributed by atoms with Crippen molar-refractivity contribution >= 4 is 5.95 Å². The van der Waals surface area contributed by atoms with E-state index in [0.29, 0.717) is 5.95 Å². The molecule has 0 aliphatic carbocycles. The van der Waals surface area contributed by atoms with Gasteiger partial charge in [-0.2, -0.15) is 5.10 Å². The number of anilines is 1. The predicted octanol–water partition coefficient (Wildman–Crippen LogP) is 0.556. The van der Waals surface area contributed by atoms with Gasteiger partial charge in [0, 0.05) is 25.0 Å². The summed E-state index contributed by atoms with van der Waals surface area (Å²) in [5, 5.41) is 4.09. The smallest absolute Gasteiger partial charge is 0.200 e. The second kappa shape index (κ2) is 3.17. The first kappa shape index (κ1) is 8.80. The van der Waals surface area contributed by atoms with Crippen molar-refractivity contribution < 1.29 is 0 Å². The van der Waals surface area contributed by atoms with Gasteiger partial charge in [-0.05, 0) is 6.92 Å². The highest BCUT2D eigenvalue weighted by molar-refractivity contribution is 5.23. The molecule has 2 rings (SSSR count). The summed E-state index contributed by atoms with van der Waals surface area (Å²) < 4.78 is 3.68. The molecule has 0 spiro atoms. The van der Waals surface area contributed by atoms with Gasteiger partial charge in [0.05, 0.1) is 18.4 Å². The Hall–Kier alpha value is -1.78. The van der Waals surface area contributed by atoms with Gasteiger partial charge in [0.25, 0.3) is 0 Å². The molecule has 2 aromatic rings. The minimum absolute atomic E-state index is 0.548. The van der Waals surface area contributed by atoms with Crippen molar-refractivity contribution in [1.29, 1.82) is 0 Å². The lowest BCUT2D eigenvalue weighted by molar-refractivity contribution is 0.763. The Balaban J connectivity index is 2.22. The van der Waals surface area contributed by atoms with E-state index in [-0.39, 0.29) is 0 Å². The molecule has 0 amide bonds. The maximum absolute atomic E-state index is 5.72. The second-order valence-corrected chi connectivity index (χ2v) is 3.39. The summed E-state index contributed by atoms with van der Waals surface area (Å²) in [7, 11) is 1.89. The lowest BCUT2D eigenvalue weighted by Crippen LogP contribution is -2.02. The molecular formula is C9H13N5. The van der Waals surface area contributed by atoms with E-state index in [1.54, 1.807) is 4.68 Å². The zero-order chi connectivity index (χ0) is 10.1. The Bertz CT molecular complexity index is 440. The number of nitrogens with zero attached hydrogens (tertiary/aromatic N) is 4. The lowest BCUT2D eigenvalue weighted by atomic mass is 10.3. The van der Waals surface area contributed by atoms with E-state index >= 15 is 0 Å². The minimum atomic E-state index is 0.548. The summed E-state index contributed by atoms with van der Waals surface area (Å²) in [5.74, 6) is 0.548. The molecule has 0 unspecified atom stereocenters. The maximum atomic E-state index is 5.72. The SMILES string of the molecule is Cc1cn(Cc2cnn(C)c2)c(N)n1. The molecule has 5 heteroatoms. The highest BCUT2D eigenvalue weighted by Gasteiger charge is 2.03. The first-order valence-electron chi connectivity index (χ1n) is 4.42. The molecule has 0 saturated carbocycles. The molecule has 14 heavy (non-hydrogen) atoms. The van der Waals surface area contributed by atoms with E-state index < -0.39 is 0 Å². The number of rotatable bonds is 2. The minimum Gasteiger partial charge on any atom is -0.369 e. The number of hydrogen-bond acceptors (Lipinski definition) is 3. The largest absolute Gasteiger partial charge is 0.369 e. The topological polar surface area (TPSA) is 61.7 Å². The Morgan fingerprint density at radius 3 is 2.71 bits per heavy atom. The van der Waals surface area contributed by atoms with E-state index in [1.807, 2.05) is 37.1 Å². The van der Waals surface area contributed by atoms with E-state index in [0.717, 1.165) is 17.8 Å². The fourth-order valence-electron chi connectivity index (χ4n) is 1.44. The molecule has 2 heterocycles. The number of aromatic nitrogens is 4. The van der Waals surface area contributed by atoms with Crippen molar-refractivity contribution in [1.82, 2.24) is 19.3 Å². The lowest BCUT2D eigenvalue weighted by Gasteiger charge is -2.00. The van der Waals surface area contributed by atoms with Gasteiger partial charge in [-0.15, -0.1) is 0 Å². The van der Waals surface area contributed by atoms with Crippen LogP contribution in [0.1, 0.15) is 11.3 Å². The summed E-state index contributed by atoms with van der Waals surface area (Å²) in [4.78, 5) is 4.13. The third kappa shape index (κ3) is 1.61. The molecule has 0 aliphatic heterocycles. The van der Waals surface area contributed by atoms with Crippen molar-refractivity contribution in [3.63, 3.8) is 0 Å². The standard InChI is InChI=1S/C9H13N5/c1-7-4-14(9(10)12-7)6-8-3-11-13(2)5-8/h3-5H,6H2,1-2H3,(H2,10,12). The van der Waals surface area contributed by atoms with Crippen LogP contribution in [-0.4, -0.2) is 19.3 Å². The molecule has 2 N–H and O–H groups in total. The van der Waals surface area contributed by atoms with E-state index in [2.05, 4.69) is 10.1 Å². The van der Waals surface area contributed by atoms with Crippen LogP contribution in [0.15, 0.2) is 18.6 Å². The fourth-order valence-corrected chi connectivity index (χ4v) is 1.44. The molecule has 0 fully saturated rings. The molecule has 0 aromatic carbocycles. The molecule has 0 aliphatic rings. The Morgan fingerprint density at radius 1 is 1.43 bits per heavy atom. The Labute approximate surface area is 82.2 Å². The van der Waals surface area contributed by atoms with Gasteiger partial charge >= 0.3 is 0 Å². The van der Waals surface area contributed by atoms with Crippen LogP contribution in [0.4, 0.5) is 5.95 Å². The van der Waals surface area contributed by atoms with Gasteiger partial charge in [0.1, 0.15) is 0 Å². The average molecular weight is 191 g/mol. The van der Waals surface area contributed by atoms with Gasteiger partial charge in [-0.1, -0.05) is 0 Å². The number of hydrogen-bond donors (Lipinski definition) is 1. The van der Waals surface area contributed by atoms with Crippen LogP contribution in [0.3, 0.4) is 0 Å². The van der Waals surface area contributed by atoms with Crippen molar-refractivity contribution in [2.24, 2.45) is 7.05 Å². The van der Waals surface area contributed by atoms with Crippen molar-refractivity contribution in [2.45, 2.75) is 13.5 Å². The van der Waals surface area contributed by atoms with Gasteiger partial charge in [-0.3, -0.25) is 4.68 Å². The first-order valence-corrected chi connectivity index (χ1v) is 4.42. The second-order valence-electron chi connectivity index (χ2n) is 3.39. The van der Waals surface area contributed by atoms with Crippen molar-refractivity contribution in [3.05, 3.63) is 29.8 Å². The maximum Gasteiger partial charge on any atom is 0.200 e. The van der Waals surface area contributed by atoms with Gasteiger partial charge in [0.15, 0.2) is 0 Å². The molecule has 0 bridgehead atoms. The van der Waals surface area contributed by atoms with Crippen LogP contribution < -0.4 is 5.73 Å². The van der Waals surface area contributed by atoms with Crippen LogP contribution in [0.25, 0.3) is 0 Å². The number of imidazole rings is 1. The van der Waals surface area contributed by atoms with E-state index in [1.165, 1.54) is 0 Å². The average Bonchev–Trinajstić information content (AvgIpc) is 2.61. The fraction of sp³-hybridized carbons (Fsp3) is 0.333. The number of aryl methyl sites for hydroxylation is 2. The molecule has 74 valence electrons. The Kier molecular flexibility index (Phi) is 1.99. The van der Waals surface area contributed by atoms with Gasteiger partial charge < -0.3 is 10.3 Å². The van der Waals surface area contributed by atoms with Gasteiger partial charge in [-0.25, -0.2) is 4.98 Å². The first-order chi connectivity index (χ1) is 6.65. The Morgan fingerprint density at radius 2 is 2.21 bits per heavy atom. The van der Waals surface area contributed by atoms with Crippen LogP contribution in [0.2, 0.25) is 0 Å². The monoisotopic (exact) mass is 191 g/mol. The van der Waals surface area contributed by atoms with Crippen LogP contribution in [0, 0.1) is 6.92 Å². The number of nitrogen functional groups attached to an aromatic ring is 1. The summed E-state index contributed by atoms with van der Waals surface area (Å²) in [6.45, 7) is 2.65. The van der Waals surface area contributed by atoms with Crippen LogP contribution in [-0.2, 0) is 13.6 Å². The summed E-state index contributed by atoms with van der Waals surface area (Å²) in [6.07, 6.45) is 5.73. The normalized spacial score (nSPS) is 10.7. The van der Waals surface area contributed by atoms with Crippen LogP contribution >= 0.6 is 0 Å². The highest BCUT2D eigenvalue weighted by Crippen LogP contribution is 2.07. The molecule has 0 atom stereocenters. The molecule has 0 radical (unpaired) electrons.